The van der Waals surface area contributed by atoms with Gasteiger partial charge in [0.05, 0.1) is 4.88 Å². The topological polar surface area (TPSA) is 88.9 Å². The van der Waals surface area contributed by atoms with Crippen LogP contribution in [0.4, 0.5) is 4.79 Å². The van der Waals surface area contributed by atoms with E-state index >= 15 is 0 Å². The second-order valence-corrected chi connectivity index (χ2v) is 6.08. The maximum absolute atomic E-state index is 11.5. The van der Waals surface area contributed by atoms with Crippen molar-refractivity contribution in [1.29, 1.82) is 0 Å². The molecule has 112 valence electrons. The van der Waals surface area contributed by atoms with Crippen molar-refractivity contribution >= 4 is 35.0 Å². The molecule has 0 radical (unpaired) electrons. The number of nitrogens with one attached hydrogen (secondary N) is 2. The minimum atomic E-state index is -0.497. The number of thiophene rings is 1. The molecule has 0 fully saturated rings. The lowest BCUT2D eigenvalue weighted by Crippen LogP contribution is -2.37. The van der Waals surface area contributed by atoms with Gasteiger partial charge in [0.15, 0.2) is 11.0 Å². The van der Waals surface area contributed by atoms with E-state index in [0.717, 1.165) is 15.9 Å². The first-order valence-electron chi connectivity index (χ1n) is 6.19. The Labute approximate surface area is 130 Å². The summed E-state index contributed by atoms with van der Waals surface area (Å²) >= 11 is 3.03. The van der Waals surface area contributed by atoms with Crippen LogP contribution in [0.3, 0.4) is 0 Å². The van der Waals surface area contributed by atoms with E-state index in [0.29, 0.717) is 5.75 Å². The molecule has 0 spiro atoms. The first-order chi connectivity index (χ1) is 10.1. The molecule has 0 aliphatic carbocycles. The molecule has 0 unspecified atom stereocenters. The number of carbonyl (C=O) groups excluding carboxylic acids is 2. The lowest BCUT2D eigenvalue weighted by Gasteiger charge is -2.03. The number of carbonyl (C=O) groups is 2. The molecule has 0 aliphatic rings. The highest BCUT2D eigenvalue weighted by atomic mass is 32.2. The number of imide groups is 1. The summed E-state index contributed by atoms with van der Waals surface area (Å²) < 4.78 is 1.90. The highest BCUT2D eigenvalue weighted by molar-refractivity contribution is 7.99. The summed E-state index contributed by atoms with van der Waals surface area (Å²) in [6.07, 6.45) is 0.235. The summed E-state index contributed by atoms with van der Waals surface area (Å²) in [6.45, 7) is 0. The third-order valence-electron chi connectivity index (χ3n) is 2.62. The van der Waals surface area contributed by atoms with Gasteiger partial charge in [-0.05, 0) is 11.4 Å². The van der Waals surface area contributed by atoms with Gasteiger partial charge >= 0.3 is 6.03 Å². The van der Waals surface area contributed by atoms with Crippen molar-refractivity contribution in [3.63, 3.8) is 0 Å². The second-order valence-electron chi connectivity index (χ2n) is 4.07. The van der Waals surface area contributed by atoms with Crippen LogP contribution < -0.4 is 10.6 Å². The molecule has 7 nitrogen and oxygen atoms in total. The molecule has 3 amide bonds. The number of hydrogen-bond donors (Lipinski definition) is 2. The molecular weight excluding hydrogens is 310 g/mol. The van der Waals surface area contributed by atoms with E-state index in [2.05, 4.69) is 20.8 Å². The molecule has 0 aromatic carbocycles. The molecule has 2 aromatic heterocycles. The normalized spacial score (nSPS) is 10.4. The molecule has 0 saturated carbocycles. The number of thioether (sulfide) groups is 1. The van der Waals surface area contributed by atoms with Crippen LogP contribution in [0.1, 0.15) is 6.42 Å². The summed E-state index contributed by atoms with van der Waals surface area (Å²) in [5.41, 5.74) is 0. The van der Waals surface area contributed by atoms with Crippen LogP contribution >= 0.6 is 23.1 Å². The highest BCUT2D eigenvalue weighted by Crippen LogP contribution is 2.26. The lowest BCUT2D eigenvalue weighted by atomic mass is 10.4. The van der Waals surface area contributed by atoms with Gasteiger partial charge in [0, 0.05) is 26.3 Å². The summed E-state index contributed by atoms with van der Waals surface area (Å²) in [4.78, 5) is 23.5. The van der Waals surface area contributed by atoms with Gasteiger partial charge in [0.25, 0.3) is 0 Å². The van der Waals surface area contributed by atoms with Crippen molar-refractivity contribution < 1.29 is 9.59 Å². The van der Waals surface area contributed by atoms with Gasteiger partial charge in [-0.2, -0.15) is 0 Å². The van der Waals surface area contributed by atoms with Crippen molar-refractivity contribution in [2.24, 2.45) is 7.05 Å². The Morgan fingerprint density at radius 2 is 2.24 bits per heavy atom. The maximum atomic E-state index is 11.5. The van der Waals surface area contributed by atoms with Gasteiger partial charge in [0.1, 0.15) is 0 Å². The van der Waals surface area contributed by atoms with E-state index in [-0.39, 0.29) is 12.3 Å². The molecular formula is C12H15N5O2S2. The number of nitrogens with zero attached hydrogens (tertiary/aromatic N) is 3. The molecule has 0 saturated heterocycles. The van der Waals surface area contributed by atoms with E-state index in [1.54, 1.807) is 11.3 Å². The fourth-order valence-electron chi connectivity index (χ4n) is 1.55. The van der Waals surface area contributed by atoms with Crippen LogP contribution in [0.5, 0.6) is 0 Å². The summed E-state index contributed by atoms with van der Waals surface area (Å²) in [5, 5.41) is 15.5. The Morgan fingerprint density at radius 1 is 1.43 bits per heavy atom. The number of amides is 3. The quantitative estimate of drug-likeness (QED) is 0.813. The van der Waals surface area contributed by atoms with Gasteiger partial charge in [0.2, 0.25) is 5.91 Å². The van der Waals surface area contributed by atoms with Gasteiger partial charge in [-0.3, -0.25) is 10.1 Å². The molecule has 2 aromatic rings. The average Bonchev–Trinajstić information content (AvgIpc) is 3.09. The standard InChI is InChI=1S/C12H15N5O2S2/c1-13-11(19)14-9(18)5-7-21-12-16-15-10(17(12)2)8-4-3-6-20-8/h3-4,6H,5,7H2,1-2H3,(H2,13,14,18,19). The van der Waals surface area contributed by atoms with Crippen molar-refractivity contribution in [2.45, 2.75) is 11.6 Å². The van der Waals surface area contributed by atoms with E-state index in [4.69, 9.17) is 0 Å². The second kappa shape index (κ2) is 7.23. The van der Waals surface area contributed by atoms with E-state index in [1.807, 2.05) is 29.1 Å². The SMILES string of the molecule is CNC(=O)NC(=O)CCSc1nnc(-c2cccs2)n1C. The van der Waals surface area contributed by atoms with E-state index < -0.39 is 6.03 Å². The highest BCUT2D eigenvalue weighted by Gasteiger charge is 2.12. The third-order valence-corrected chi connectivity index (χ3v) is 4.50. The van der Waals surface area contributed by atoms with Crippen LogP contribution in [0, 0.1) is 0 Å². The number of urea groups is 1. The number of aromatic nitrogens is 3. The Balaban J connectivity index is 1.87. The largest absolute Gasteiger partial charge is 0.341 e. The van der Waals surface area contributed by atoms with Crippen molar-refractivity contribution in [3.05, 3.63) is 17.5 Å². The smallest absolute Gasteiger partial charge is 0.321 e. The Bertz CT molecular complexity index is 624. The minimum absolute atomic E-state index is 0.235. The first kappa shape index (κ1) is 15.5. The zero-order chi connectivity index (χ0) is 15.2. The van der Waals surface area contributed by atoms with Gasteiger partial charge in [-0.15, -0.1) is 21.5 Å². The molecule has 0 aliphatic heterocycles. The molecule has 0 bridgehead atoms. The zero-order valence-corrected chi connectivity index (χ0v) is 13.3. The Hall–Kier alpha value is -1.87. The molecule has 2 N–H and O–H groups in total. The van der Waals surface area contributed by atoms with Gasteiger partial charge in [-0.25, -0.2) is 4.79 Å². The van der Waals surface area contributed by atoms with Crippen LogP contribution in [-0.2, 0) is 11.8 Å². The maximum Gasteiger partial charge on any atom is 0.321 e. The molecule has 2 heterocycles. The third kappa shape index (κ3) is 4.05. The Morgan fingerprint density at radius 3 is 2.90 bits per heavy atom. The number of rotatable bonds is 5. The van der Waals surface area contributed by atoms with Crippen LogP contribution in [0.25, 0.3) is 10.7 Å². The van der Waals surface area contributed by atoms with E-state index in [9.17, 15) is 9.59 Å². The number of hydrogen-bond acceptors (Lipinski definition) is 6. The average molecular weight is 325 g/mol. The molecule has 9 heteroatoms. The predicted molar refractivity (Wildman–Crippen MR) is 82.3 cm³/mol. The van der Waals surface area contributed by atoms with Crippen LogP contribution in [-0.4, -0.2) is 39.5 Å². The monoisotopic (exact) mass is 325 g/mol. The van der Waals surface area contributed by atoms with Gasteiger partial charge < -0.3 is 9.88 Å². The molecule has 0 atom stereocenters. The Kier molecular flexibility index (Phi) is 5.34. The summed E-state index contributed by atoms with van der Waals surface area (Å²) in [5.74, 6) is 1.02. The summed E-state index contributed by atoms with van der Waals surface area (Å²) in [6, 6.07) is 3.45. The fraction of sp³-hybridized carbons (Fsp3) is 0.333. The lowest BCUT2D eigenvalue weighted by molar-refractivity contribution is -0.119. The summed E-state index contributed by atoms with van der Waals surface area (Å²) in [7, 11) is 3.35. The van der Waals surface area contributed by atoms with E-state index in [1.165, 1.54) is 18.8 Å². The first-order valence-corrected chi connectivity index (χ1v) is 8.06. The van der Waals surface area contributed by atoms with Crippen molar-refractivity contribution in [2.75, 3.05) is 12.8 Å². The predicted octanol–water partition coefficient (Wildman–Crippen LogP) is 1.48. The van der Waals surface area contributed by atoms with Crippen LogP contribution in [0.15, 0.2) is 22.7 Å². The van der Waals surface area contributed by atoms with Crippen LogP contribution in [0.2, 0.25) is 0 Å². The fourth-order valence-corrected chi connectivity index (χ4v) is 3.14. The molecule has 2 rings (SSSR count). The van der Waals surface area contributed by atoms with Crippen molar-refractivity contribution in [1.82, 2.24) is 25.4 Å². The minimum Gasteiger partial charge on any atom is -0.341 e. The van der Waals surface area contributed by atoms with Crippen molar-refractivity contribution in [3.8, 4) is 10.7 Å². The van der Waals surface area contributed by atoms with Gasteiger partial charge in [-0.1, -0.05) is 17.8 Å². The molecule has 21 heavy (non-hydrogen) atoms. The zero-order valence-electron chi connectivity index (χ0n) is 11.6.